The number of nitrogens with zero attached hydrogens (tertiary/aromatic N) is 1. The van der Waals surface area contributed by atoms with Crippen LogP contribution < -0.4 is 11.1 Å². The highest BCUT2D eigenvalue weighted by molar-refractivity contribution is 6.30. The van der Waals surface area contributed by atoms with Gasteiger partial charge in [0.2, 0.25) is 0 Å². The van der Waals surface area contributed by atoms with Crippen molar-refractivity contribution >= 4 is 17.7 Å². The highest BCUT2D eigenvalue weighted by atomic mass is 35.5. The Labute approximate surface area is 118 Å². The molecule has 0 aliphatic rings. The molecule has 0 radical (unpaired) electrons. The number of carbonyl (C=O) groups excluding carboxylic acids is 1. The highest BCUT2D eigenvalue weighted by Crippen LogP contribution is 2.19. The van der Waals surface area contributed by atoms with E-state index in [9.17, 15) is 4.79 Å². The van der Waals surface area contributed by atoms with Gasteiger partial charge >= 0.3 is 6.09 Å². The van der Waals surface area contributed by atoms with Crippen LogP contribution in [0.1, 0.15) is 38.1 Å². The van der Waals surface area contributed by atoms with E-state index in [0.717, 1.165) is 5.69 Å². The van der Waals surface area contributed by atoms with Crippen molar-refractivity contribution in [2.45, 2.75) is 39.3 Å². The predicted octanol–water partition coefficient (Wildman–Crippen LogP) is 2.57. The smallest absolute Gasteiger partial charge is 0.407 e. The van der Waals surface area contributed by atoms with E-state index in [-0.39, 0.29) is 6.54 Å². The number of nitrogens with two attached hydrogens (primary N) is 1. The van der Waals surface area contributed by atoms with Gasteiger partial charge in [0.15, 0.2) is 0 Å². The van der Waals surface area contributed by atoms with Crippen molar-refractivity contribution in [3.8, 4) is 0 Å². The zero-order chi connectivity index (χ0) is 14.6. The molecule has 106 valence electrons. The number of carbonyl (C=O) groups is 1. The summed E-state index contributed by atoms with van der Waals surface area (Å²) in [6.07, 6.45) is -0.501. The first-order valence-electron chi connectivity index (χ1n) is 6.04. The van der Waals surface area contributed by atoms with E-state index >= 15 is 0 Å². The third-order valence-electron chi connectivity index (χ3n) is 2.28. The van der Waals surface area contributed by atoms with Crippen LogP contribution in [0, 0.1) is 6.92 Å². The number of amides is 1. The van der Waals surface area contributed by atoms with Crippen LogP contribution in [0.2, 0.25) is 5.15 Å². The molecule has 3 N–H and O–H groups in total. The summed E-state index contributed by atoms with van der Waals surface area (Å²) in [5.41, 5.74) is 6.95. The number of ether oxygens (including phenoxy) is 1. The van der Waals surface area contributed by atoms with Crippen molar-refractivity contribution in [3.63, 3.8) is 0 Å². The molecule has 0 aliphatic heterocycles. The van der Waals surface area contributed by atoms with E-state index in [4.69, 9.17) is 22.1 Å². The first-order chi connectivity index (χ1) is 8.69. The van der Waals surface area contributed by atoms with Crippen molar-refractivity contribution in [1.29, 1.82) is 0 Å². The lowest BCUT2D eigenvalue weighted by molar-refractivity contribution is 0.0524. The molecule has 0 aliphatic carbocycles. The Bertz CT molecular complexity index is 458. The molecule has 0 saturated heterocycles. The molecule has 1 amide bonds. The summed E-state index contributed by atoms with van der Waals surface area (Å²) in [4.78, 5) is 15.6. The largest absolute Gasteiger partial charge is 0.444 e. The van der Waals surface area contributed by atoms with Crippen LogP contribution in [0.5, 0.6) is 0 Å². The third kappa shape index (κ3) is 5.44. The Hall–Kier alpha value is -1.33. The number of rotatable bonds is 3. The zero-order valence-electron chi connectivity index (χ0n) is 11.7. The van der Waals surface area contributed by atoms with Crippen molar-refractivity contribution < 1.29 is 9.53 Å². The van der Waals surface area contributed by atoms with Crippen molar-refractivity contribution in [2.75, 3.05) is 6.54 Å². The van der Waals surface area contributed by atoms with E-state index in [1.807, 2.05) is 19.1 Å². The molecular formula is C13H20ClN3O2. The van der Waals surface area contributed by atoms with Crippen molar-refractivity contribution in [1.82, 2.24) is 10.3 Å². The van der Waals surface area contributed by atoms with E-state index in [1.54, 1.807) is 20.8 Å². The molecular weight excluding hydrogens is 266 g/mol. The maximum Gasteiger partial charge on any atom is 0.407 e. The molecule has 5 nitrogen and oxygen atoms in total. The van der Waals surface area contributed by atoms with E-state index in [0.29, 0.717) is 10.7 Å². The second-order valence-electron chi connectivity index (χ2n) is 5.32. The van der Waals surface area contributed by atoms with Crippen molar-refractivity contribution in [3.05, 3.63) is 28.5 Å². The topological polar surface area (TPSA) is 77.2 Å². The molecule has 0 fully saturated rings. The van der Waals surface area contributed by atoms with Crippen molar-refractivity contribution in [2.24, 2.45) is 5.73 Å². The van der Waals surface area contributed by atoms with Crippen LogP contribution >= 0.6 is 11.6 Å². The monoisotopic (exact) mass is 285 g/mol. The van der Waals surface area contributed by atoms with Gasteiger partial charge in [0.25, 0.3) is 0 Å². The summed E-state index contributed by atoms with van der Waals surface area (Å²) in [6, 6.07) is 3.22. The van der Waals surface area contributed by atoms with E-state index in [2.05, 4.69) is 10.3 Å². The average molecular weight is 286 g/mol. The molecule has 1 aromatic heterocycles. The van der Waals surface area contributed by atoms with Crippen LogP contribution in [0.4, 0.5) is 4.79 Å². The summed E-state index contributed by atoms with van der Waals surface area (Å²) in [6.45, 7) is 7.48. The number of pyridine rings is 1. The number of nitrogens with one attached hydrogen (secondary N) is 1. The summed E-state index contributed by atoms with van der Waals surface area (Å²) >= 11 is 6.01. The normalized spacial score (nSPS) is 12.9. The molecule has 1 unspecified atom stereocenters. The van der Waals surface area contributed by atoms with Gasteiger partial charge in [-0.25, -0.2) is 9.78 Å². The lowest BCUT2D eigenvalue weighted by atomic mass is 10.1. The maximum absolute atomic E-state index is 11.5. The fraction of sp³-hybridized carbons (Fsp3) is 0.538. The lowest BCUT2D eigenvalue weighted by Gasteiger charge is -2.21. The summed E-state index contributed by atoms with van der Waals surface area (Å²) in [7, 11) is 0. The minimum Gasteiger partial charge on any atom is -0.444 e. The molecule has 1 rings (SSSR count). The predicted molar refractivity (Wildman–Crippen MR) is 75.1 cm³/mol. The first kappa shape index (κ1) is 15.7. The van der Waals surface area contributed by atoms with Gasteiger partial charge in [-0.05, 0) is 33.8 Å². The minimum absolute atomic E-state index is 0.235. The summed E-state index contributed by atoms with van der Waals surface area (Å²) in [5, 5.41) is 2.97. The Balaban J connectivity index is 2.56. The van der Waals surface area contributed by atoms with Gasteiger partial charge in [-0.3, -0.25) is 0 Å². The molecule has 1 atom stereocenters. The average Bonchev–Trinajstić information content (AvgIpc) is 2.23. The van der Waals surface area contributed by atoms with Gasteiger partial charge in [-0.15, -0.1) is 0 Å². The molecule has 1 heterocycles. The van der Waals surface area contributed by atoms with Crippen LogP contribution in [0.3, 0.4) is 0 Å². The molecule has 0 bridgehead atoms. The Kier molecular flexibility index (Phi) is 5.14. The first-order valence-corrected chi connectivity index (χ1v) is 6.42. The fourth-order valence-electron chi connectivity index (χ4n) is 1.43. The van der Waals surface area contributed by atoms with Crippen LogP contribution in [-0.2, 0) is 4.74 Å². The highest BCUT2D eigenvalue weighted by Gasteiger charge is 2.17. The van der Waals surface area contributed by atoms with Crippen LogP contribution in [0.25, 0.3) is 0 Å². The van der Waals surface area contributed by atoms with Gasteiger partial charge in [0.05, 0.1) is 6.04 Å². The SMILES string of the molecule is Cc1ccc(C(N)CNC(=O)OC(C)(C)C)c(Cl)n1. The Morgan fingerprint density at radius 1 is 1.53 bits per heavy atom. The fourth-order valence-corrected chi connectivity index (χ4v) is 1.77. The molecule has 0 saturated carbocycles. The molecule has 19 heavy (non-hydrogen) atoms. The van der Waals surface area contributed by atoms with Gasteiger partial charge in [-0.2, -0.15) is 0 Å². The maximum atomic E-state index is 11.5. The number of hydrogen-bond acceptors (Lipinski definition) is 4. The van der Waals surface area contributed by atoms with E-state index in [1.165, 1.54) is 0 Å². The quantitative estimate of drug-likeness (QED) is 0.837. The van der Waals surface area contributed by atoms with E-state index < -0.39 is 17.7 Å². The second kappa shape index (κ2) is 6.21. The molecule has 1 aromatic rings. The minimum atomic E-state index is -0.531. The Morgan fingerprint density at radius 2 is 2.16 bits per heavy atom. The number of aryl methyl sites for hydroxylation is 1. The molecule has 0 aromatic carbocycles. The van der Waals surface area contributed by atoms with Gasteiger partial charge in [-0.1, -0.05) is 17.7 Å². The Morgan fingerprint density at radius 3 is 2.68 bits per heavy atom. The van der Waals surface area contributed by atoms with Gasteiger partial charge in [0, 0.05) is 17.8 Å². The summed E-state index contributed by atoms with van der Waals surface area (Å²) < 4.78 is 5.12. The third-order valence-corrected chi connectivity index (χ3v) is 2.58. The molecule has 0 spiro atoms. The lowest BCUT2D eigenvalue weighted by Crippen LogP contribution is -2.36. The number of alkyl carbamates (subject to hydrolysis) is 1. The molecule has 6 heteroatoms. The number of hydrogen-bond donors (Lipinski definition) is 2. The van der Waals surface area contributed by atoms with Crippen LogP contribution in [0.15, 0.2) is 12.1 Å². The van der Waals surface area contributed by atoms with Gasteiger partial charge < -0.3 is 15.8 Å². The van der Waals surface area contributed by atoms with Gasteiger partial charge in [0.1, 0.15) is 10.8 Å². The number of halogens is 1. The number of aromatic nitrogens is 1. The zero-order valence-corrected chi connectivity index (χ0v) is 12.4. The second-order valence-corrected chi connectivity index (χ2v) is 5.68. The van der Waals surface area contributed by atoms with Crippen LogP contribution in [-0.4, -0.2) is 23.2 Å². The standard InChI is InChI=1S/C13H20ClN3O2/c1-8-5-6-9(11(14)17-8)10(15)7-16-12(18)19-13(2,3)4/h5-6,10H,7,15H2,1-4H3,(H,16,18). The summed E-state index contributed by atoms with van der Waals surface area (Å²) in [5.74, 6) is 0.